The Balaban J connectivity index is 1.76. The van der Waals surface area contributed by atoms with Crippen molar-refractivity contribution in [3.63, 3.8) is 0 Å². The van der Waals surface area contributed by atoms with E-state index in [9.17, 15) is 14.4 Å². The monoisotopic (exact) mass is 473 g/mol. The lowest BCUT2D eigenvalue weighted by atomic mass is 9.89. The zero-order valence-corrected chi connectivity index (χ0v) is 20.6. The molecule has 8 nitrogen and oxygen atoms in total. The van der Waals surface area contributed by atoms with Crippen LogP contribution in [0.2, 0.25) is 0 Å². The molecule has 0 saturated heterocycles. The summed E-state index contributed by atoms with van der Waals surface area (Å²) >= 11 is 0. The molecule has 1 unspecified atom stereocenters. The molecule has 1 aromatic heterocycles. The quantitative estimate of drug-likeness (QED) is 0.689. The molecule has 8 heteroatoms. The molecule has 3 amide bonds. The van der Waals surface area contributed by atoms with Crippen molar-refractivity contribution in [3.05, 3.63) is 66.0 Å². The lowest BCUT2D eigenvalue weighted by Crippen LogP contribution is -2.41. The van der Waals surface area contributed by atoms with Crippen LogP contribution in [0.1, 0.15) is 43.4 Å². The molecule has 35 heavy (non-hydrogen) atoms. The first-order valence-electron chi connectivity index (χ1n) is 11.8. The number of benzene rings is 1. The minimum atomic E-state index is -0.638. The van der Waals surface area contributed by atoms with Gasteiger partial charge in [0.2, 0.25) is 5.91 Å². The van der Waals surface area contributed by atoms with Crippen molar-refractivity contribution in [3.8, 4) is 11.4 Å². The van der Waals surface area contributed by atoms with Gasteiger partial charge in [0, 0.05) is 31.1 Å². The van der Waals surface area contributed by atoms with Crippen LogP contribution in [0.4, 0.5) is 0 Å². The first-order valence-corrected chi connectivity index (χ1v) is 11.8. The molecule has 0 radical (unpaired) electrons. The fraction of sp³-hybridized carbons (Fsp3) is 0.370. The highest BCUT2D eigenvalue weighted by Crippen LogP contribution is 2.29. The second-order valence-corrected chi connectivity index (χ2v) is 9.76. The van der Waals surface area contributed by atoms with Crippen LogP contribution in [0, 0.1) is 11.3 Å². The first-order chi connectivity index (χ1) is 16.7. The highest BCUT2D eigenvalue weighted by Gasteiger charge is 2.33. The zero-order valence-electron chi connectivity index (χ0n) is 20.6. The van der Waals surface area contributed by atoms with Crippen molar-refractivity contribution in [2.45, 2.75) is 40.3 Å². The van der Waals surface area contributed by atoms with Crippen LogP contribution in [0.25, 0.3) is 11.4 Å². The van der Waals surface area contributed by atoms with E-state index in [-0.39, 0.29) is 29.8 Å². The largest absolute Gasteiger partial charge is 0.354 e. The number of allylic oxidation sites excluding steroid dienone is 3. The highest BCUT2D eigenvalue weighted by molar-refractivity contribution is 6.42. The summed E-state index contributed by atoms with van der Waals surface area (Å²) in [6.45, 7) is 6.80. The van der Waals surface area contributed by atoms with Gasteiger partial charge >= 0.3 is 0 Å². The van der Waals surface area contributed by atoms with Crippen LogP contribution < -0.4 is 5.32 Å². The molecule has 0 spiro atoms. The standard InChI is InChI=1S/C27H31N5O3/c1-27(2,3)22(25(34)28-4)30-24(33)21-20-17-31(26(35)19-13-9-6-10-14-19)15-16-32(20)23(29-21)18-11-7-5-8-12-18/h5-13,19H,14-17H2,1-4H3,(H,28,34). The Hall–Kier alpha value is -3.81. The van der Waals surface area contributed by atoms with Crippen LogP contribution in [-0.4, -0.2) is 51.5 Å². The van der Waals surface area contributed by atoms with E-state index in [0.29, 0.717) is 31.0 Å². The number of carbonyl (C=O) groups is 3. The van der Waals surface area contributed by atoms with Crippen LogP contribution in [-0.2, 0) is 22.7 Å². The molecule has 1 aromatic carbocycles. The minimum Gasteiger partial charge on any atom is -0.354 e. The van der Waals surface area contributed by atoms with Gasteiger partial charge in [-0.05, 0) is 6.42 Å². The summed E-state index contributed by atoms with van der Waals surface area (Å²) in [7, 11) is 1.51. The van der Waals surface area contributed by atoms with Crippen molar-refractivity contribution in [2.24, 2.45) is 16.3 Å². The molecule has 2 heterocycles. The van der Waals surface area contributed by atoms with E-state index >= 15 is 0 Å². The molecule has 4 rings (SSSR count). The molecule has 1 N–H and O–H groups in total. The number of carbonyl (C=O) groups excluding carboxylic acids is 3. The van der Waals surface area contributed by atoms with E-state index in [4.69, 9.17) is 4.98 Å². The number of aromatic nitrogens is 2. The van der Waals surface area contributed by atoms with Crippen molar-refractivity contribution < 1.29 is 14.4 Å². The summed E-state index contributed by atoms with van der Waals surface area (Å²) in [6, 6.07) is 9.64. The molecule has 2 aromatic rings. The Morgan fingerprint density at radius 1 is 1.09 bits per heavy atom. The zero-order chi connectivity index (χ0) is 25.2. The Morgan fingerprint density at radius 3 is 2.46 bits per heavy atom. The van der Waals surface area contributed by atoms with Gasteiger partial charge in [0.15, 0.2) is 5.69 Å². The topological polar surface area (TPSA) is 96.7 Å². The molecular formula is C27H31N5O3. The molecule has 0 bridgehead atoms. The fourth-order valence-corrected chi connectivity index (χ4v) is 4.37. The third-order valence-corrected chi connectivity index (χ3v) is 6.22. The number of hydrogen-bond acceptors (Lipinski definition) is 4. The third-order valence-electron chi connectivity index (χ3n) is 6.22. The van der Waals surface area contributed by atoms with Gasteiger partial charge in [-0.3, -0.25) is 14.4 Å². The molecule has 1 aliphatic carbocycles. The Kier molecular flexibility index (Phi) is 6.82. The fourth-order valence-electron chi connectivity index (χ4n) is 4.37. The van der Waals surface area contributed by atoms with Gasteiger partial charge in [-0.1, -0.05) is 75.4 Å². The summed E-state index contributed by atoms with van der Waals surface area (Å²) < 4.78 is 2.00. The average molecular weight is 474 g/mol. The van der Waals surface area contributed by atoms with Gasteiger partial charge < -0.3 is 14.8 Å². The molecule has 182 valence electrons. The normalized spacial score (nSPS) is 17.8. The predicted octanol–water partition coefficient (Wildman–Crippen LogP) is 3.40. The maximum absolute atomic E-state index is 13.4. The number of amides is 3. The van der Waals surface area contributed by atoms with Gasteiger partial charge in [-0.2, -0.15) is 0 Å². The summed E-state index contributed by atoms with van der Waals surface area (Å²) in [4.78, 5) is 49.8. The second-order valence-electron chi connectivity index (χ2n) is 9.76. The number of rotatable bonds is 4. The van der Waals surface area contributed by atoms with Gasteiger partial charge in [-0.25, -0.2) is 9.98 Å². The van der Waals surface area contributed by atoms with Gasteiger partial charge in [-0.15, -0.1) is 0 Å². The molecule has 0 fully saturated rings. The maximum Gasteiger partial charge on any atom is 0.297 e. The SMILES string of the molecule is CNC(=O)C(=NC(=O)c1nc(-c2ccccc2)n2c1CN(C(=O)C1C=CC=CC1)CC2)C(C)(C)C. The van der Waals surface area contributed by atoms with E-state index in [1.165, 1.54) is 7.05 Å². The van der Waals surface area contributed by atoms with E-state index in [1.54, 1.807) is 4.90 Å². The maximum atomic E-state index is 13.4. The van der Waals surface area contributed by atoms with Crippen molar-refractivity contribution in [2.75, 3.05) is 13.6 Å². The number of fused-ring (bicyclic) bond motifs is 1. The third kappa shape index (κ3) is 5.01. The van der Waals surface area contributed by atoms with Crippen molar-refractivity contribution in [1.29, 1.82) is 0 Å². The molecule has 0 saturated carbocycles. The molecular weight excluding hydrogens is 442 g/mol. The van der Waals surface area contributed by atoms with Gasteiger partial charge in [0.25, 0.3) is 11.8 Å². The van der Waals surface area contributed by atoms with Crippen LogP contribution in [0.15, 0.2) is 59.6 Å². The number of imidazole rings is 1. The van der Waals surface area contributed by atoms with E-state index < -0.39 is 17.2 Å². The Morgan fingerprint density at radius 2 is 1.83 bits per heavy atom. The number of nitrogens with one attached hydrogen (secondary N) is 1. The Bertz CT molecular complexity index is 1230. The molecule has 2 aliphatic rings. The smallest absolute Gasteiger partial charge is 0.297 e. The van der Waals surface area contributed by atoms with Crippen LogP contribution in [0.3, 0.4) is 0 Å². The van der Waals surface area contributed by atoms with E-state index in [2.05, 4.69) is 10.3 Å². The van der Waals surface area contributed by atoms with Gasteiger partial charge in [0.1, 0.15) is 11.5 Å². The number of nitrogens with zero attached hydrogens (tertiary/aromatic N) is 4. The van der Waals surface area contributed by atoms with E-state index in [1.807, 2.05) is 80.0 Å². The summed E-state index contributed by atoms with van der Waals surface area (Å²) in [6.07, 6.45) is 8.40. The van der Waals surface area contributed by atoms with E-state index in [0.717, 1.165) is 5.56 Å². The predicted molar refractivity (Wildman–Crippen MR) is 135 cm³/mol. The number of hydrogen-bond donors (Lipinski definition) is 1. The molecule has 1 atom stereocenters. The molecule has 1 aliphatic heterocycles. The highest BCUT2D eigenvalue weighted by atomic mass is 16.2. The second kappa shape index (κ2) is 9.82. The lowest BCUT2D eigenvalue weighted by Gasteiger charge is -2.31. The van der Waals surface area contributed by atoms with Crippen molar-refractivity contribution >= 4 is 23.4 Å². The van der Waals surface area contributed by atoms with Crippen molar-refractivity contribution in [1.82, 2.24) is 19.8 Å². The first kappa shape index (κ1) is 24.3. The average Bonchev–Trinajstić information content (AvgIpc) is 3.25. The minimum absolute atomic E-state index is 0.0296. The summed E-state index contributed by atoms with van der Waals surface area (Å²) in [5.41, 5.74) is 1.18. The lowest BCUT2D eigenvalue weighted by molar-refractivity contribution is -0.135. The van der Waals surface area contributed by atoms with Crippen LogP contribution >= 0.6 is 0 Å². The van der Waals surface area contributed by atoms with Gasteiger partial charge in [0.05, 0.1) is 18.2 Å². The summed E-state index contributed by atoms with van der Waals surface area (Å²) in [5.74, 6) is -0.512. The number of aliphatic imine (C=N–C) groups is 1. The summed E-state index contributed by atoms with van der Waals surface area (Å²) in [5, 5.41) is 2.57. The Labute approximate surface area is 205 Å². The van der Waals surface area contributed by atoms with Crippen LogP contribution in [0.5, 0.6) is 0 Å².